The minimum atomic E-state index is -4.39. The van der Waals surface area contributed by atoms with E-state index in [1.807, 2.05) is 0 Å². The zero-order chi connectivity index (χ0) is 14.8. The van der Waals surface area contributed by atoms with Crippen molar-refractivity contribution in [3.8, 4) is 0 Å². The molecule has 2 nitrogen and oxygen atoms in total. The Morgan fingerprint density at radius 2 is 1.60 bits per heavy atom. The fourth-order valence-corrected chi connectivity index (χ4v) is 1.94. The third-order valence-corrected chi connectivity index (χ3v) is 2.92. The minimum Gasteiger partial charge on any atom is -0.271 e. The molecular formula is C14H12F4N2. The molecule has 20 heavy (non-hydrogen) atoms. The third-order valence-electron chi connectivity index (χ3n) is 2.92. The molecule has 106 valence electrons. The van der Waals surface area contributed by atoms with Crippen LogP contribution < -0.4 is 11.3 Å². The Morgan fingerprint density at radius 1 is 0.950 bits per heavy atom. The molecule has 2 aromatic carbocycles. The molecule has 0 aliphatic carbocycles. The second-order valence-corrected chi connectivity index (χ2v) is 4.27. The van der Waals surface area contributed by atoms with E-state index in [4.69, 9.17) is 5.84 Å². The number of benzene rings is 2. The lowest BCUT2D eigenvalue weighted by Gasteiger charge is -2.17. The number of hydrogen-bond acceptors (Lipinski definition) is 2. The number of alkyl halides is 3. The predicted molar refractivity (Wildman–Crippen MR) is 67.0 cm³/mol. The van der Waals surface area contributed by atoms with Crippen molar-refractivity contribution in [3.05, 3.63) is 71.0 Å². The summed E-state index contributed by atoms with van der Waals surface area (Å²) in [7, 11) is 0. The monoisotopic (exact) mass is 284 g/mol. The third kappa shape index (κ3) is 3.15. The molecule has 0 saturated carbocycles. The summed E-state index contributed by atoms with van der Waals surface area (Å²) in [5, 5.41) is 0. The first-order chi connectivity index (χ1) is 9.41. The summed E-state index contributed by atoms with van der Waals surface area (Å²) in [5.74, 6) is 4.98. The van der Waals surface area contributed by atoms with E-state index in [0.717, 1.165) is 12.1 Å². The summed E-state index contributed by atoms with van der Waals surface area (Å²) >= 11 is 0. The number of nitrogens with one attached hydrogen (secondary N) is 1. The highest BCUT2D eigenvalue weighted by molar-refractivity contribution is 5.34. The largest absolute Gasteiger partial charge is 0.416 e. The first kappa shape index (κ1) is 14.5. The Hall–Kier alpha value is -1.92. The smallest absolute Gasteiger partial charge is 0.271 e. The fourth-order valence-electron chi connectivity index (χ4n) is 1.94. The number of rotatable bonds is 3. The molecule has 1 atom stereocenters. The van der Waals surface area contributed by atoms with Gasteiger partial charge in [-0.1, -0.05) is 24.3 Å². The highest BCUT2D eigenvalue weighted by Crippen LogP contribution is 2.30. The van der Waals surface area contributed by atoms with Gasteiger partial charge in [-0.15, -0.1) is 0 Å². The van der Waals surface area contributed by atoms with Crippen LogP contribution in [0.25, 0.3) is 0 Å². The van der Waals surface area contributed by atoms with Crippen LogP contribution in [0.2, 0.25) is 0 Å². The van der Waals surface area contributed by atoms with Gasteiger partial charge in [-0.05, 0) is 35.4 Å². The first-order valence-corrected chi connectivity index (χ1v) is 5.80. The maximum atomic E-state index is 13.2. The van der Waals surface area contributed by atoms with Crippen molar-refractivity contribution in [2.24, 2.45) is 5.84 Å². The van der Waals surface area contributed by atoms with E-state index in [1.165, 1.54) is 30.3 Å². The summed E-state index contributed by atoms with van der Waals surface area (Å²) in [5.41, 5.74) is 2.79. The Balaban J connectivity index is 2.33. The summed E-state index contributed by atoms with van der Waals surface area (Å²) in [6, 6.07) is 9.72. The van der Waals surface area contributed by atoms with Crippen molar-refractivity contribution in [1.82, 2.24) is 5.43 Å². The molecule has 0 spiro atoms. The SMILES string of the molecule is NNC(c1ccc(C(F)(F)F)cc1)c1cccc(F)c1. The Labute approximate surface area is 113 Å². The van der Waals surface area contributed by atoms with Gasteiger partial charge >= 0.3 is 6.18 Å². The van der Waals surface area contributed by atoms with Crippen molar-refractivity contribution in [2.75, 3.05) is 0 Å². The molecule has 0 bridgehead atoms. The molecule has 0 aromatic heterocycles. The van der Waals surface area contributed by atoms with Gasteiger partial charge in [-0.2, -0.15) is 13.2 Å². The Bertz CT molecular complexity index is 578. The molecule has 2 aromatic rings. The van der Waals surface area contributed by atoms with Crippen LogP contribution in [0.5, 0.6) is 0 Å². The maximum absolute atomic E-state index is 13.2. The van der Waals surface area contributed by atoms with Gasteiger partial charge in [-0.3, -0.25) is 5.84 Å². The van der Waals surface area contributed by atoms with Crippen LogP contribution in [0, 0.1) is 5.82 Å². The van der Waals surface area contributed by atoms with Crippen molar-refractivity contribution >= 4 is 0 Å². The van der Waals surface area contributed by atoms with E-state index in [1.54, 1.807) is 6.07 Å². The average molecular weight is 284 g/mol. The topological polar surface area (TPSA) is 38.0 Å². The average Bonchev–Trinajstić information content (AvgIpc) is 2.39. The van der Waals surface area contributed by atoms with Crippen molar-refractivity contribution in [1.29, 1.82) is 0 Å². The second kappa shape index (κ2) is 5.60. The minimum absolute atomic E-state index is 0.435. The van der Waals surface area contributed by atoms with Crippen LogP contribution in [-0.4, -0.2) is 0 Å². The van der Waals surface area contributed by atoms with Crippen LogP contribution in [0.15, 0.2) is 48.5 Å². The zero-order valence-corrected chi connectivity index (χ0v) is 10.3. The quantitative estimate of drug-likeness (QED) is 0.515. The number of hydrazine groups is 1. The van der Waals surface area contributed by atoms with Crippen molar-refractivity contribution in [3.63, 3.8) is 0 Å². The Kier molecular flexibility index (Phi) is 4.06. The molecule has 6 heteroatoms. The van der Waals surface area contributed by atoms with E-state index < -0.39 is 23.6 Å². The maximum Gasteiger partial charge on any atom is 0.416 e. The molecular weight excluding hydrogens is 272 g/mol. The van der Waals surface area contributed by atoms with Crippen LogP contribution in [0.4, 0.5) is 17.6 Å². The second-order valence-electron chi connectivity index (χ2n) is 4.27. The van der Waals surface area contributed by atoms with E-state index in [0.29, 0.717) is 11.1 Å². The van der Waals surface area contributed by atoms with Crippen LogP contribution >= 0.6 is 0 Å². The Morgan fingerprint density at radius 3 is 2.10 bits per heavy atom. The van der Waals surface area contributed by atoms with Crippen molar-refractivity contribution in [2.45, 2.75) is 12.2 Å². The van der Waals surface area contributed by atoms with E-state index in [2.05, 4.69) is 5.43 Å². The first-order valence-electron chi connectivity index (χ1n) is 5.80. The van der Waals surface area contributed by atoms with Gasteiger partial charge in [0, 0.05) is 0 Å². The zero-order valence-electron chi connectivity index (χ0n) is 10.3. The molecule has 2 rings (SSSR count). The van der Waals surface area contributed by atoms with Gasteiger partial charge in [0.25, 0.3) is 0 Å². The molecule has 0 fully saturated rings. The fraction of sp³-hybridized carbons (Fsp3) is 0.143. The molecule has 0 aliphatic heterocycles. The van der Waals surface area contributed by atoms with Crippen LogP contribution in [-0.2, 0) is 6.18 Å². The van der Waals surface area contributed by atoms with Gasteiger partial charge in [0.2, 0.25) is 0 Å². The molecule has 1 unspecified atom stereocenters. The molecule has 0 aliphatic rings. The van der Waals surface area contributed by atoms with Gasteiger partial charge in [0.1, 0.15) is 5.82 Å². The summed E-state index contributed by atoms with van der Waals surface area (Å²) in [6.07, 6.45) is -4.39. The summed E-state index contributed by atoms with van der Waals surface area (Å²) < 4.78 is 50.6. The van der Waals surface area contributed by atoms with E-state index in [9.17, 15) is 17.6 Å². The van der Waals surface area contributed by atoms with Crippen molar-refractivity contribution < 1.29 is 17.6 Å². The van der Waals surface area contributed by atoms with Crippen LogP contribution in [0.1, 0.15) is 22.7 Å². The van der Waals surface area contributed by atoms with Gasteiger partial charge in [0.15, 0.2) is 0 Å². The number of halogens is 4. The lowest BCUT2D eigenvalue weighted by Crippen LogP contribution is -2.29. The standard InChI is InChI=1S/C14H12F4N2/c15-12-3-1-2-10(8-12)13(20-19)9-4-6-11(7-5-9)14(16,17)18/h1-8,13,20H,19H2. The highest BCUT2D eigenvalue weighted by Gasteiger charge is 2.30. The van der Waals surface area contributed by atoms with Gasteiger partial charge in [-0.25, -0.2) is 9.82 Å². The van der Waals surface area contributed by atoms with Gasteiger partial charge < -0.3 is 0 Å². The normalized spacial score (nSPS) is 13.2. The molecule has 0 saturated heterocycles. The molecule has 0 amide bonds. The number of hydrogen-bond donors (Lipinski definition) is 2. The molecule has 0 heterocycles. The lowest BCUT2D eigenvalue weighted by atomic mass is 9.98. The molecule has 0 radical (unpaired) electrons. The van der Waals surface area contributed by atoms with E-state index in [-0.39, 0.29) is 0 Å². The van der Waals surface area contributed by atoms with Gasteiger partial charge in [0.05, 0.1) is 11.6 Å². The predicted octanol–water partition coefficient (Wildman–Crippen LogP) is 3.40. The number of nitrogens with two attached hydrogens (primary N) is 1. The lowest BCUT2D eigenvalue weighted by molar-refractivity contribution is -0.137. The molecule has 3 N–H and O–H groups in total. The summed E-state index contributed by atoms with van der Waals surface area (Å²) in [6.45, 7) is 0. The van der Waals surface area contributed by atoms with Crippen LogP contribution in [0.3, 0.4) is 0 Å². The highest BCUT2D eigenvalue weighted by atomic mass is 19.4. The summed E-state index contributed by atoms with van der Waals surface area (Å²) in [4.78, 5) is 0. The van der Waals surface area contributed by atoms with E-state index >= 15 is 0 Å².